The molecule has 0 heterocycles. The van der Waals surface area contributed by atoms with E-state index >= 15 is 0 Å². The Bertz CT molecular complexity index is 253. The predicted molar refractivity (Wildman–Crippen MR) is 46.2 cm³/mol. The summed E-state index contributed by atoms with van der Waals surface area (Å²) in [7, 11) is 0. The van der Waals surface area contributed by atoms with Gasteiger partial charge in [0.2, 0.25) is 0 Å². The third-order valence-electron chi connectivity index (χ3n) is 1.35. The van der Waals surface area contributed by atoms with E-state index in [1.165, 1.54) is 0 Å². The summed E-state index contributed by atoms with van der Waals surface area (Å²) in [6.45, 7) is 0. The molecule has 0 unspecified atom stereocenters. The minimum Gasteiger partial charge on any atom is 0 e. The van der Waals surface area contributed by atoms with Gasteiger partial charge in [-0.15, -0.1) is 0 Å². The molecule has 0 saturated heterocycles. The van der Waals surface area contributed by atoms with Gasteiger partial charge in [0.05, 0.1) is 0 Å². The molecule has 0 bridgehead atoms. The van der Waals surface area contributed by atoms with Crippen LogP contribution in [0.3, 0.4) is 0 Å². The summed E-state index contributed by atoms with van der Waals surface area (Å²) < 4.78 is 0. The van der Waals surface area contributed by atoms with Crippen LogP contribution < -0.4 is 0 Å². The van der Waals surface area contributed by atoms with Crippen LogP contribution in [0, 0.1) is 0 Å². The average Bonchev–Trinajstić information content (AvgIpc) is 2.05. The van der Waals surface area contributed by atoms with Crippen molar-refractivity contribution < 1.29 is 41.2 Å². The van der Waals surface area contributed by atoms with Crippen LogP contribution in [-0.4, -0.2) is 45.7 Å². The quantitative estimate of drug-likeness (QED) is 0.750. The van der Waals surface area contributed by atoms with Gasteiger partial charge in [-0.2, -0.15) is 0 Å². The largest absolute Gasteiger partial charge is 0 e. The van der Waals surface area contributed by atoms with Crippen LogP contribution in [0.15, 0.2) is 30.3 Å². The fourth-order valence-electron chi connectivity index (χ4n) is 0.778. The Kier molecular flexibility index (Phi) is 9.70. The van der Waals surface area contributed by atoms with E-state index in [0.717, 1.165) is 0 Å². The normalized spacial score (nSPS) is 10.5. The molecular formula is C8H9NaO3Zr. The van der Waals surface area contributed by atoms with Crippen LogP contribution in [0.1, 0.15) is 11.7 Å². The van der Waals surface area contributed by atoms with Gasteiger partial charge in [-0.25, -0.2) is 4.79 Å². The van der Waals surface area contributed by atoms with E-state index in [1.807, 2.05) is 0 Å². The number of carboxylic acids is 1. The second-order valence-corrected chi connectivity index (χ2v) is 2.15. The van der Waals surface area contributed by atoms with Gasteiger partial charge in [0.25, 0.3) is 0 Å². The van der Waals surface area contributed by atoms with Crippen molar-refractivity contribution in [3.63, 3.8) is 0 Å². The summed E-state index contributed by atoms with van der Waals surface area (Å²) in [6, 6.07) is 8.26. The SMILES string of the molecule is O=C(O)[C@H](O)c1ccccc1.[NaH].[Zr]. The summed E-state index contributed by atoms with van der Waals surface area (Å²) in [6.07, 6.45) is -1.41. The van der Waals surface area contributed by atoms with Crippen molar-refractivity contribution in [3.05, 3.63) is 35.9 Å². The van der Waals surface area contributed by atoms with Crippen molar-refractivity contribution in [1.29, 1.82) is 0 Å². The van der Waals surface area contributed by atoms with E-state index < -0.39 is 12.1 Å². The number of aliphatic carboxylic acids is 1. The van der Waals surface area contributed by atoms with Crippen LogP contribution in [0.25, 0.3) is 0 Å². The van der Waals surface area contributed by atoms with Gasteiger partial charge in [0, 0.05) is 26.2 Å². The molecule has 1 aromatic rings. The molecule has 1 rings (SSSR count). The van der Waals surface area contributed by atoms with Gasteiger partial charge in [0.15, 0.2) is 6.10 Å². The molecule has 0 aromatic heterocycles. The molecule has 0 fully saturated rings. The zero-order valence-electron chi connectivity index (χ0n) is 6.27. The summed E-state index contributed by atoms with van der Waals surface area (Å²) in [5, 5.41) is 17.4. The average molecular weight is 267 g/mol. The van der Waals surface area contributed by atoms with Crippen molar-refractivity contribution in [1.82, 2.24) is 0 Å². The Morgan fingerprint density at radius 2 is 1.69 bits per heavy atom. The second-order valence-electron chi connectivity index (χ2n) is 2.15. The first-order valence-electron chi connectivity index (χ1n) is 3.17. The number of benzene rings is 1. The molecule has 0 aliphatic carbocycles. The van der Waals surface area contributed by atoms with E-state index in [9.17, 15) is 4.79 Å². The second kappa shape index (κ2) is 7.89. The number of rotatable bonds is 2. The molecule has 64 valence electrons. The molecule has 3 nitrogen and oxygen atoms in total. The molecule has 0 amide bonds. The first-order chi connectivity index (χ1) is 5.22. The summed E-state index contributed by atoms with van der Waals surface area (Å²) in [4.78, 5) is 10.2. The molecule has 0 spiro atoms. The van der Waals surface area contributed by atoms with Crippen molar-refractivity contribution in [2.45, 2.75) is 6.10 Å². The Labute approximate surface area is 118 Å². The van der Waals surface area contributed by atoms with Crippen molar-refractivity contribution in [3.8, 4) is 0 Å². The molecule has 1 aromatic carbocycles. The summed E-state index contributed by atoms with van der Waals surface area (Å²) in [5.41, 5.74) is 0.403. The van der Waals surface area contributed by atoms with E-state index in [0.29, 0.717) is 5.56 Å². The fraction of sp³-hybridized carbons (Fsp3) is 0.125. The molecular weight excluding hydrogens is 258 g/mol. The van der Waals surface area contributed by atoms with Gasteiger partial charge in [-0.1, -0.05) is 30.3 Å². The van der Waals surface area contributed by atoms with Gasteiger partial charge in [0.1, 0.15) is 0 Å². The molecule has 0 aliphatic heterocycles. The Hall–Kier alpha value is 0.533. The van der Waals surface area contributed by atoms with Gasteiger partial charge < -0.3 is 10.2 Å². The van der Waals surface area contributed by atoms with E-state index in [-0.39, 0.29) is 55.8 Å². The van der Waals surface area contributed by atoms with E-state index in [4.69, 9.17) is 10.2 Å². The Morgan fingerprint density at radius 3 is 2.08 bits per heavy atom. The number of hydrogen-bond acceptors (Lipinski definition) is 2. The number of hydrogen-bond donors (Lipinski definition) is 2. The topological polar surface area (TPSA) is 57.5 Å². The number of aliphatic hydroxyl groups excluding tert-OH is 1. The molecule has 0 saturated carbocycles. The maximum Gasteiger partial charge on any atom is 0 e. The first-order valence-corrected chi connectivity index (χ1v) is 3.17. The Balaban J connectivity index is 0. The molecule has 0 radical (unpaired) electrons. The molecule has 0 aliphatic rings. The maximum absolute atomic E-state index is 10.2. The summed E-state index contributed by atoms with van der Waals surface area (Å²) in [5.74, 6) is -1.23. The van der Waals surface area contributed by atoms with Gasteiger partial charge in [-0.05, 0) is 5.56 Å². The monoisotopic (exact) mass is 266 g/mol. The minimum atomic E-state index is -1.41. The van der Waals surface area contributed by atoms with Gasteiger partial charge in [-0.3, -0.25) is 0 Å². The first kappa shape index (κ1) is 16.0. The van der Waals surface area contributed by atoms with Crippen LogP contribution in [-0.2, 0) is 31.0 Å². The molecule has 13 heavy (non-hydrogen) atoms. The maximum atomic E-state index is 10.2. The predicted octanol–water partition coefficient (Wildman–Crippen LogP) is 0.154. The molecule has 1 atom stereocenters. The Morgan fingerprint density at radius 1 is 1.23 bits per heavy atom. The number of carboxylic acid groups (broad SMARTS) is 1. The third kappa shape index (κ3) is 5.09. The van der Waals surface area contributed by atoms with Crippen LogP contribution in [0.5, 0.6) is 0 Å². The number of aliphatic hydroxyl groups is 1. The zero-order chi connectivity index (χ0) is 8.27. The summed E-state index contributed by atoms with van der Waals surface area (Å²) >= 11 is 0. The number of carbonyl (C=O) groups is 1. The smallest absolute Gasteiger partial charge is 0 e. The van der Waals surface area contributed by atoms with Crippen molar-refractivity contribution in [2.24, 2.45) is 0 Å². The third-order valence-corrected chi connectivity index (χ3v) is 1.35. The van der Waals surface area contributed by atoms with E-state index in [1.54, 1.807) is 30.3 Å². The fourth-order valence-corrected chi connectivity index (χ4v) is 0.778. The zero-order valence-corrected chi connectivity index (χ0v) is 8.72. The van der Waals surface area contributed by atoms with Crippen LogP contribution >= 0.6 is 0 Å². The van der Waals surface area contributed by atoms with Crippen molar-refractivity contribution >= 4 is 35.5 Å². The standard InChI is InChI=1S/C8H8O3.Na.Zr.H/c9-7(8(10)11)6-4-2-1-3-5-6;;;/h1-5,7,9H,(H,10,11);;;/t7-;;;/m1.../s1. The van der Waals surface area contributed by atoms with Gasteiger partial charge >= 0.3 is 35.5 Å². The van der Waals surface area contributed by atoms with Crippen LogP contribution in [0.2, 0.25) is 0 Å². The van der Waals surface area contributed by atoms with E-state index in [2.05, 4.69) is 0 Å². The van der Waals surface area contributed by atoms with Crippen molar-refractivity contribution in [2.75, 3.05) is 0 Å². The molecule has 5 heteroatoms. The van der Waals surface area contributed by atoms with Crippen LogP contribution in [0.4, 0.5) is 0 Å². The molecule has 2 N–H and O–H groups in total. The minimum absolute atomic E-state index is 0.